The van der Waals surface area contributed by atoms with Crippen LogP contribution >= 0.6 is 22.9 Å². The highest BCUT2D eigenvalue weighted by atomic mass is 35.5. The van der Waals surface area contributed by atoms with Crippen LogP contribution in [0, 0.1) is 0 Å². The van der Waals surface area contributed by atoms with E-state index in [-0.39, 0.29) is 0 Å². The number of thiazole rings is 1. The minimum Gasteiger partial charge on any atom is -0.350 e. The molecule has 1 fully saturated rings. The molecule has 1 saturated heterocycles. The molecule has 0 saturated carbocycles. The van der Waals surface area contributed by atoms with Crippen LogP contribution in [0.5, 0.6) is 0 Å². The first-order chi connectivity index (χ1) is 8.24. The number of hydrogen-bond donors (Lipinski definition) is 0. The lowest BCUT2D eigenvalue weighted by Gasteiger charge is -2.27. The summed E-state index contributed by atoms with van der Waals surface area (Å²) < 4.78 is 0. The van der Waals surface area contributed by atoms with Gasteiger partial charge in [0.15, 0.2) is 5.13 Å². The Balaban J connectivity index is 1.94. The number of halogens is 1. The van der Waals surface area contributed by atoms with Crippen LogP contribution in [0.1, 0.15) is 25.5 Å². The number of rotatable bonds is 5. The number of likely N-dealkylation sites (N-methyl/N-ethyl adjacent to an activating group) is 2. The van der Waals surface area contributed by atoms with Crippen molar-refractivity contribution in [3.8, 4) is 0 Å². The van der Waals surface area contributed by atoms with E-state index in [1.807, 2.05) is 5.38 Å². The van der Waals surface area contributed by atoms with E-state index in [1.165, 1.54) is 19.4 Å². The first kappa shape index (κ1) is 13.1. The van der Waals surface area contributed by atoms with Gasteiger partial charge in [0.1, 0.15) is 0 Å². The van der Waals surface area contributed by atoms with Crippen molar-refractivity contribution in [2.75, 3.05) is 31.6 Å². The first-order valence-corrected chi connectivity index (χ1v) is 7.61. The fourth-order valence-corrected chi connectivity index (χ4v) is 3.48. The van der Waals surface area contributed by atoms with E-state index in [1.54, 1.807) is 11.3 Å². The summed E-state index contributed by atoms with van der Waals surface area (Å²) in [7, 11) is 2.13. The SMILES string of the molecule is CCN1CCCC1CN(C)c1nc(CCl)cs1. The average Bonchev–Trinajstić information content (AvgIpc) is 2.96. The van der Waals surface area contributed by atoms with Gasteiger partial charge >= 0.3 is 0 Å². The van der Waals surface area contributed by atoms with Crippen molar-refractivity contribution in [2.45, 2.75) is 31.7 Å². The second-order valence-corrected chi connectivity index (χ2v) is 5.66. The summed E-state index contributed by atoms with van der Waals surface area (Å²) in [5.41, 5.74) is 0.984. The minimum absolute atomic E-state index is 0.509. The fraction of sp³-hybridized carbons (Fsp3) is 0.750. The van der Waals surface area contributed by atoms with Crippen molar-refractivity contribution >= 4 is 28.1 Å². The molecule has 2 rings (SSSR count). The second kappa shape index (κ2) is 6.03. The third-order valence-electron chi connectivity index (χ3n) is 3.39. The Bertz CT molecular complexity index is 355. The van der Waals surface area contributed by atoms with Gasteiger partial charge in [0.25, 0.3) is 0 Å². The van der Waals surface area contributed by atoms with Gasteiger partial charge in [-0.15, -0.1) is 22.9 Å². The predicted octanol–water partition coefficient (Wildman–Crippen LogP) is 2.80. The van der Waals surface area contributed by atoms with Crippen LogP contribution in [0.2, 0.25) is 0 Å². The molecule has 0 spiro atoms. The second-order valence-electron chi connectivity index (χ2n) is 4.56. The molecule has 1 atom stereocenters. The number of nitrogens with zero attached hydrogens (tertiary/aromatic N) is 3. The van der Waals surface area contributed by atoms with Gasteiger partial charge in [0.05, 0.1) is 11.6 Å². The Morgan fingerprint density at radius 1 is 1.65 bits per heavy atom. The van der Waals surface area contributed by atoms with Gasteiger partial charge in [-0.2, -0.15) is 0 Å². The van der Waals surface area contributed by atoms with Crippen molar-refractivity contribution in [3.63, 3.8) is 0 Å². The Labute approximate surface area is 112 Å². The quantitative estimate of drug-likeness (QED) is 0.769. The maximum absolute atomic E-state index is 5.78. The zero-order valence-corrected chi connectivity index (χ0v) is 12.1. The van der Waals surface area contributed by atoms with E-state index in [4.69, 9.17) is 11.6 Å². The van der Waals surface area contributed by atoms with Crippen LogP contribution in [0.3, 0.4) is 0 Å². The topological polar surface area (TPSA) is 19.4 Å². The lowest BCUT2D eigenvalue weighted by molar-refractivity contribution is 0.270. The monoisotopic (exact) mass is 273 g/mol. The van der Waals surface area contributed by atoms with E-state index in [0.29, 0.717) is 11.9 Å². The molecular formula is C12H20ClN3S. The normalized spacial score (nSPS) is 21.0. The molecule has 0 N–H and O–H groups in total. The summed E-state index contributed by atoms with van der Waals surface area (Å²) in [5, 5.41) is 3.13. The first-order valence-electron chi connectivity index (χ1n) is 6.20. The van der Waals surface area contributed by atoms with Gasteiger partial charge in [-0.25, -0.2) is 4.98 Å². The Hall–Kier alpha value is -0.320. The molecule has 0 amide bonds. The van der Waals surface area contributed by atoms with Gasteiger partial charge in [-0.1, -0.05) is 6.92 Å². The van der Waals surface area contributed by atoms with E-state index in [0.717, 1.165) is 23.9 Å². The van der Waals surface area contributed by atoms with Crippen molar-refractivity contribution in [1.29, 1.82) is 0 Å². The number of alkyl halides is 1. The van der Waals surface area contributed by atoms with Crippen LogP contribution in [0.4, 0.5) is 5.13 Å². The maximum atomic E-state index is 5.78. The molecule has 1 unspecified atom stereocenters. The smallest absolute Gasteiger partial charge is 0.185 e. The molecule has 5 heteroatoms. The molecule has 96 valence electrons. The standard InChI is InChI=1S/C12H20ClN3S/c1-3-16-6-4-5-11(16)8-15(2)12-14-10(7-13)9-17-12/h9,11H,3-8H2,1-2H3. The summed E-state index contributed by atoms with van der Waals surface area (Å²) in [5.74, 6) is 0.509. The van der Waals surface area contributed by atoms with Crippen molar-refractivity contribution < 1.29 is 0 Å². The molecular weight excluding hydrogens is 254 g/mol. The summed E-state index contributed by atoms with van der Waals surface area (Å²) >= 11 is 7.46. The molecule has 17 heavy (non-hydrogen) atoms. The van der Waals surface area contributed by atoms with Crippen LogP contribution in [0.15, 0.2) is 5.38 Å². The fourth-order valence-electron chi connectivity index (χ4n) is 2.45. The van der Waals surface area contributed by atoms with Gasteiger partial charge in [-0.05, 0) is 25.9 Å². The number of aromatic nitrogens is 1. The van der Waals surface area contributed by atoms with Crippen molar-refractivity contribution in [2.24, 2.45) is 0 Å². The van der Waals surface area contributed by atoms with Crippen LogP contribution in [0.25, 0.3) is 0 Å². The molecule has 1 aromatic heterocycles. The zero-order chi connectivity index (χ0) is 12.3. The van der Waals surface area contributed by atoms with Gasteiger partial charge in [0.2, 0.25) is 0 Å². The summed E-state index contributed by atoms with van der Waals surface area (Å²) in [6.07, 6.45) is 2.64. The van der Waals surface area contributed by atoms with E-state index < -0.39 is 0 Å². The molecule has 1 aliphatic rings. The third kappa shape index (κ3) is 3.12. The highest BCUT2D eigenvalue weighted by molar-refractivity contribution is 7.13. The summed E-state index contributed by atoms with van der Waals surface area (Å²) in [6.45, 7) is 5.72. The number of likely N-dealkylation sites (tertiary alicyclic amines) is 1. The molecule has 2 heterocycles. The Morgan fingerprint density at radius 3 is 3.12 bits per heavy atom. The molecule has 0 aromatic carbocycles. The Morgan fingerprint density at radius 2 is 2.47 bits per heavy atom. The van der Waals surface area contributed by atoms with Crippen LogP contribution < -0.4 is 4.90 Å². The summed E-state index contributed by atoms with van der Waals surface area (Å²) in [6, 6.07) is 0.688. The van der Waals surface area contributed by atoms with Crippen molar-refractivity contribution in [1.82, 2.24) is 9.88 Å². The maximum Gasteiger partial charge on any atom is 0.185 e. The van der Waals surface area contributed by atoms with E-state index in [2.05, 4.69) is 28.8 Å². The molecule has 1 aliphatic heterocycles. The third-order valence-corrected chi connectivity index (χ3v) is 4.67. The van der Waals surface area contributed by atoms with Gasteiger partial charge in [-0.3, -0.25) is 4.90 Å². The zero-order valence-electron chi connectivity index (χ0n) is 10.5. The van der Waals surface area contributed by atoms with Crippen molar-refractivity contribution in [3.05, 3.63) is 11.1 Å². The molecule has 0 bridgehead atoms. The average molecular weight is 274 g/mol. The lowest BCUT2D eigenvalue weighted by Crippen LogP contribution is -2.38. The Kier molecular flexibility index (Phi) is 4.65. The largest absolute Gasteiger partial charge is 0.350 e. The van der Waals surface area contributed by atoms with Crippen LogP contribution in [-0.4, -0.2) is 42.6 Å². The van der Waals surface area contributed by atoms with Gasteiger partial charge in [0, 0.05) is 25.0 Å². The minimum atomic E-state index is 0.509. The van der Waals surface area contributed by atoms with E-state index >= 15 is 0 Å². The highest BCUT2D eigenvalue weighted by Crippen LogP contribution is 2.23. The molecule has 3 nitrogen and oxygen atoms in total. The highest BCUT2D eigenvalue weighted by Gasteiger charge is 2.24. The molecule has 0 radical (unpaired) electrons. The predicted molar refractivity (Wildman–Crippen MR) is 75.2 cm³/mol. The van der Waals surface area contributed by atoms with E-state index in [9.17, 15) is 0 Å². The van der Waals surface area contributed by atoms with Gasteiger partial charge < -0.3 is 4.90 Å². The lowest BCUT2D eigenvalue weighted by atomic mass is 10.2. The molecule has 0 aliphatic carbocycles. The number of hydrogen-bond acceptors (Lipinski definition) is 4. The number of anilines is 1. The summed E-state index contributed by atoms with van der Waals surface area (Å²) in [4.78, 5) is 9.34. The van der Waals surface area contributed by atoms with Crippen LogP contribution in [-0.2, 0) is 5.88 Å². The molecule has 1 aromatic rings.